The van der Waals surface area contributed by atoms with E-state index >= 15 is 0 Å². The lowest BCUT2D eigenvalue weighted by molar-refractivity contribution is -0.0402. The van der Waals surface area contributed by atoms with Gasteiger partial charge in [-0.1, -0.05) is 42.2 Å². The maximum atomic E-state index is 13.5. The van der Waals surface area contributed by atoms with E-state index < -0.39 is 10.0 Å². The second-order valence-corrected chi connectivity index (χ2v) is 14.2. The molecule has 0 spiro atoms. The second kappa shape index (κ2) is 13.0. The average molecular weight is 613 g/mol. The molecule has 230 valence electrons. The number of carbonyl (C=O) groups is 1. The Labute approximate surface area is 261 Å². The van der Waals surface area contributed by atoms with Crippen LogP contribution in [0.4, 0.5) is 10.5 Å². The lowest BCUT2D eigenvalue weighted by Gasteiger charge is -2.58. The van der Waals surface area contributed by atoms with Gasteiger partial charge in [0.1, 0.15) is 5.75 Å². The van der Waals surface area contributed by atoms with Gasteiger partial charge in [-0.05, 0) is 86.3 Å². The van der Waals surface area contributed by atoms with Crippen LogP contribution in [0.1, 0.15) is 48.3 Å². The van der Waals surface area contributed by atoms with Crippen LogP contribution in [0.25, 0.3) is 0 Å². The van der Waals surface area contributed by atoms with E-state index in [1.807, 2.05) is 71.6 Å². The van der Waals surface area contributed by atoms with Crippen molar-refractivity contribution in [2.75, 3.05) is 44.8 Å². The lowest BCUT2D eigenvalue weighted by Crippen LogP contribution is -2.69. The second-order valence-electron chi connectivity index (χ2n) is 12.1. The maximum Gasteiger partial charge on any atom is 0.321 e. The molecule has 3 aromatic carbocycles. The maximum absolute atomic E-state index is 13.5. The van der Waals surface area contributed by atoms with Gasteiger partial charge in [0.25, 0.3) is 0 Å². The van der Waals surface area contributed by atoms with Crippen molar-refractivity contribution >= 4 is 21.7 Å². The van der Waals surface area contributed by atoms with Crippen molar-refractivity contribution in [1.29, 1.82) is 0 Å². The Morgan fingerprint density at radius 1 is 0.932 bits per heavy atom. The van der Waals surface area contributed by atoms with Crippen LogP contribution in [0.3, 0.4) is 0 Å². The number of urea groups is 1. The van der Waals surface area contributed by atoms with Crippen LogP contribution in [-0.4, -0.2) is 86.2 Å². The molecule has 8 nitrogen and oxygen atoms in total. The number of sulfonamides is 1. The first-order chi connectivity index (χ1) is 21.2. The van der Waals surface area contributed by atoms with E-state index in [0.717, 1.165) is 60.4 Å². The number of fused-ring (bicyclic) bond motifs is 1. The zero-order valence-corrected chi connectivity index (χ0v) is 26.2. The zero-order valence-electron chi connectivity index (χ0n) is 25.4. The third-order valence-corrected chi connectivity index (χ3v) is 10.1. The van der Waals surface area contributed by atoms with Gasteiger partial charge in [0.15, 0.2) is 0 Å². The Morgan fingerprint density at radius 2 is 1.59 bits per heavy atom. The zero-order chi connectivity index (χ0) is 30.7. The molecule has 2 saturated heterocycles. The third-order valence-electron chi connectivity index (χ3n) is 8.83. The lowest BCUT2D eigenvalue weighted by atomic mass is 9.74. The highest BCUT2D eigenvalue weighted by Crippen LogP contribution is 2.43. The molecule has 2 amide bonds. The molecule has 0 unspecified atom stereocenters. The van der Waals surface area contributed by atoms with E-state index in [-0.39, 0.29) is 24.0 Å². The molecule has 6 rings (SSSR count). The molecule has 0 aromatic heterocycles. The van der Waals surface area contributed by atoms with Crippen LogP contribution in [0.5, 0.6) is 5.75 Å². The standard InChI is InChI=1S/C35H40N4O4S/c1-37(44(2,41)42)24-32-34(28-14-12-27(13-15-28)11-10-26-8-4-3-5-9-26)33-25-38(22-6-7-23-39(32)33)35(40)36-29-16-18-30(19-17-29)43-31-20-21-31/h3-5,8-9,12-19,31-34H,6-7,20-25H2,1-2H3,(H,36,40)/t32-,33+,34+/m1/s1. The van der Waals surface area contributed by atoms with Gasteiger partial charge in [-0.25, -0.2) is 17.5 Å². The smallest absolute Gasteiger partial charge is 0.321 e. The normalized spacial score (nSPS) is 22.1. The topological polar surface area (TPSA) is 82.2 Å². The van der Waals surface area contributed by atoms with Crippen molar-refractivity contribution < 1.29 is 17.9 Å². The van der Waals surface area contributed by atoms with Crippen LogP contribution in [0.15, 0.2) is 78.9 Å². The monoisotopic (exact) mass is 612 g/mol. The Morgan fingerprint density at radius 3 is 2.25 bits per heavy atom. The van der Waals surface area contributed by atoms with Gasteiger partial charge in [0.05, 0.1) is 12.4 Å². The summed E-state index contributed by atoms with van der Waals surface area (Å²) >= 11 is 0. The Bertz CT molecular complexity index is 1610. The first kappa shape index (κ1) is 30.2. The number of hydrogen-bond donors (Lipinski definition) is 1. The van der Waals surface area contributed by atoms with Crippen molar-refractivity contribution in [2.45, 2.75) is 49.8 Å². The highest BCUT2D eigenvalue weighted by Gasteiger charge is 2.50. The third kappa shape index (κ3) is 7.27. The highest BCUT2D eigenvalue weighted by atomic mass is 32.2. The Kier molecular flexibility index (Phi) is 8.94. The summed E-state index contributed by atoms with van der Waals surface area (Å²) in [4.78, 5) is 17.8. The molecule has 3 aromatic rings. The number of amides is 2. The van der Waals surface area contributed by atoms with E-state index in [2.05, 4.69) is 34.2 Å². The summed E-state index contributed by atoms with van der Waals surface area (Å²) in [6.07, 6.45) is 5.61. The molecule has 3 aliphatic rings. The minimum absolute atomic E-state index is 0.0167. The first-order valence-electron chi connectivity index (χ1n) is 15.4. The number of carbonyl (C=O) groups excluding carboxylic acids is 1. The number of anilines is 1. The molecule has 0 bridgehead atoms. The summed E-state index contributed by atoms with van der Waals surface area (Å²) in [7, 11) is -1.69. The summed E-state index contributed by atoms with van der Waals surface area (Å²) in [5, 5.41) is 3.08. The predicted molar refractivity (Wildman–Crippen MR) is 173 cm³/mol. The Hall–Kier alpha value is -3.84. The van der Waals surface area contributed by atoms with Crippen molar-refractivity contribution in [3.63, 3.8) is 0 Å². The SMILES string of the molecule is CN(C[C@@H]1[C@H](c2ccc(C#Cc3ccccc3)cc2)[C@@H]2CN(C(=O)Nc3ccc(OC4CC4)cc3)CCCCN12)S(C)(=O)=O. The predicted octanol–water partition coefficient (Wildman–Crippen LogP) is 4.98. The van der Waals surface area contributed by atoms with Gasteiger partial charge in [0.2, 0.25) is 10.0 Å². The van der Waals surface area contributed by atoms with E-state index in [4.69, 9.17) is 4.74 Å². The van der Waals surface area contributed by atoms with Gasteiger partial charge in [-0.3, -0.25) is 4.90 Å². The summed E-state index contributed by atoms with van der Waals surface area (Å²) in [6, 6.07) is 25.8. The quantitative estimate of drug-likeness (QED) is 0.381. The van der Waals surface area contributed by atoms with Crippen molar-refractivity contribution in [3.8, 4) is 17.6 Å². The molecule has 2 aliphatic heterocycles. The fourth-order valence-corrected chi connectivity index (χ4v) is 6.60. The minimum atomic E-state index is -3.33. The molecule has 3 atom stereocenters. The molecule has 1 aliphatic carbocycles. The summed E-state index contributed by atoms with van der Waals surface area (Å²) in [6.45, 7) is 2.51. The molecule has 9 heteroatoms. The van der Waals surface area contributed by atoms with E-state index in [1.54, 1.807) is 7.05 Å². The molecule has 0 radical (unpaired) electrons. The van der Waals surface area contributed by atoms with Crippen LogP contribution < -0.4 is 10.1 Å². The molecule has 1 saturated carbocycles. The van der Waals surface area contributed by atoms with Gasteiger partial charge in [-0.15, -0.1) is 0 Å². The van der Waals surface area contributed by atoms with Crippen molar-refractivity contribution in [3.05, 3.63) is 95.6 Å². The van der Waals surface area contributed by atoms with Crippen LogP contribution in [0, 0.1) is 11.8 Å². The Balaban J connectivity index is 1.20. The first-order valence-corrected chi connectivity index (χ1v) is 17.3. The fourth-order valence-electron chi connectivity index (χ4n) is 6.18. The summed E-state index contributed by atoms with van der Waals surface area (Å²) < 4.78 is 32.0. The highest BCUT2D eigenvalue weighted by molar-refractivity contribution is 7.88. The number of likely N-dealkylation sites (N-methyl/N-ethyl adjacent to an activating group) is 1. The van der Waals surface area contributed by atoms with Crippen LogP contribution in [-0.2, 0) is 10.0 Å². The van der Waals surface area contributed by atoms with Crippen LogP contribution >= 0.6 is 0 Å². The largest absolute Gasteiger partial charge is 0.490 e. The van der Waals surface area contributed by atoms with Crippen molar-refractivity contribution in [2.24, 2.45) is 0 Å². The number of benzene rings is 3. The van der Waals surface area contributed by atoms with Crippen molar-refractivity contribution in [1.82, 2.24) is 14.1 Å². The van der Waals surface area contributed by atoms with Crippen LogP contribution in [0.2, 0.25) is 0 Å². The van der Waals surface area contributed by atoms with Gasteiger partial charge >= 0.3 is 6.03 Å². The number of nitrogens with zero attached hydrogens (tertiary/aromatic N) is 3. The summed E-state index contributed by atoms with van der Waals surface area (Å²) in [5.41, 5.74) is 3.76. The number of hydrogen-bond acceptors (Lipinski definition) is 5. The van der Waals surface area contributed by atoms with Gasteiger partial charge in [-0.2, -0.15) is 0 Å². The van der Waals surface area contributed by atoms with E-state index in [1.165, 1.54) is 10.6 Å². The molecule has 3 fully saturated rings. The molecule has 1 N–H and O–H groups in total. The molecular formula is C35H40N4O4S. The number of ether oxygens (including phenoxy) is 1. The molecule has 2 heterocycles. The number of rotatable bonds is 7. The minimum Gasteiger partial charge on any atom is -0.490 e. The number of nitrogens with one attached hydrogen (secondary N) is 1. The molecule has 44 heavy (non-hydrogen) atoms. The summed E-state index contributed by atoms with van der Waals surface area (Å²) in [5.74, 6) is 7.35. The molecular weight excluding hydrogens is 572 g/mol. The average Bonchev–Trinajstić information content (AvgIpc) is 3.82. The van der Waals surface area contributed by atoms with Gasteiger partial charge < -0.3 is 15.0 Å². The fraction of sp³-hybridized carbons (Fsp3) is 0.400. The van der Waals surface area contributed by atoms with E-state index in [0.29, 0.717) is 25.7 Å². The van der Waals surface area contributed by atoms with E-state index in [9.17, 15) is 13.2 Å². The van der Waals surface area contributed by atoms with Gasteiger partial charge in [0, 0.05) is 61.5 Å².